The Bertz CT molecular complexity index is 353. The molecule has 0 unspecified atom stereocenters. The van der Waals surface area contributed by atoms with Crippen LogP contribution in [0.4, 0.5) is 5.69 Å². The Hall–Kier alpha value is -2.22. The van der Waals surface area contributed by atoms with E-state index in [0.717, 1.165) is 0 Å². The van der Waals surface area contributed by atoms with Gasteiger partial charge in [0.05, 0.1) is 0 Å². The molecule has 0 saturated heterocycles. The molecule has 0 aliphatic rings. The molecule has 5 heteroatoms. The maximum Gasteiger partial charge on any atom is 0.341 e. The number of carboxylic acids is 1. The molecule has 0 fully saturated rings. The van der Waals surface area contributed by atoms with E-state index in [1.807, 2.05) is 0 Å². The fourth-order valence-electron chi connectivity index (χ4n) is 0.844. The highest BCUT2D eigenvalue weighted by molar-refractivity contribution is 5.68. The van der Waals surface area contributed by atoms with Crippen molar-refractivity contribution in [3.8, 4) is 11.9 Å². The van der Waals surface area contributed by atoms with Crippen molar-refractivity contribution >= 4 is 11.7 Å². The van der Waals surface area contributed by atoms with Crippen molar-refractivity contribution in [1.29, 1.82) is 5.26 Å². The van der Waals surface area contributed by atoms with E-state index in [1.165, 1.54) is 0 Å². The van der Waals surface area contributed by atoms with Crippen molar-refractivity contribution in [2.75, 3.05) is 11.9 Å². The molecule has 1 aromatic rings. The number of nitrogens with zero attached hydrogens (tertiary/aromatic N) is 1. The van der Waals surface area contributed by atoms with Gasteiger partial charge in [0.15, 0.2) is 12.8 Å². The normalized spacial score (nSPS) is 8.79. The number of rotatable bonds is 4. The summed E-state index contributed by atoms with van der Waals surface area (Å²) < 4.78 is 4.89. The average Bonchev–Trinajstić information content (AvgIpc) is 2.17. The Labute approximate surface area is 80.5 Å². The molecule has 72 valence electrons. The number of carbonyl (C=O) groups is 1. The van der Waals surface area contributed by atoms with E-state index in [0.29, 0.717) is 11.4 Å². The highest BCUT2D eigenvalue weighted by Crippen LogP contribution is 2.14. The van der Waals surface area contributed by atoms with Gasteiger partial charge in [0.2, 0.25) is 0 Å². The van der Waals surface area contributed by atoms with Gasteiger partial charge in [0, 0.05) is 5.69 Å². The van der Waals surface area contributed by atoms with Crippen LogP contribution in [-0.4, -0.2) is 17.7 Å². The van der Waals surface area contributed by atoms with E-state index in [1.54, 1.807) is 30.5 Å². The van der Waals surface area contributed by atoms with E-state index < -0.39 is 5.97 Å². The van der Waals surface area contributed by atoms with Crippen molar-refractivity contribution in [3.05, 3.63) is 24.3 Å². The smallest absolute Gasteiger partial charge is 0.341 e. The van der Waals surface area contributed by atoms with Crippen molar-refractivity contribution in [2.45, 2.75) is 0 Å². The fraction of sp³-hybridized carbons (Fsp3) is 0.111. The summed E-state index contributed by atoms with van der Waals surface area (Å²) in [5.41, 5.74) is 0.634. The zero-order chi connectivity index (χ0) is 10.4. The number of anilines is 1. The molecule has 0 aromatic heterocycles. The van der Waals surface area contributed by atoms with Crippen LogP contribution in [-0.2, 0) is 4.79 Å². The SMILES string of the molecule is N#CNc1ccc(OCC(=O)O)cc1. The molecule has 0 aliphatic heterocycles. The summed E-state index contributed by atoms with van der Waals surface area (Å²) in [7, 11) is 0. The molecular weight excluding hydrogens is 184 g/mol. The fourth-order valence-corrected chi connectivity index (χ4v) is 0.844. The zero-order valence-corrected chi connectivity index (χ0v) is 7.23. The molecule has 2 N–H and O–H groups in total. The van der Waals surface area contributed by atoms with Crippen LogP contribution in [0.5, 0.6) is 5.75 Å². The number of aliphatic carboxylic acids is 1. The van der Waals surface area contributed by atoms with Crippen LogP contribution >= 0.6 is 0 Å². The van der Waals surface area contributed by atoms with E-state index in [4.69, 9.17) is 15.1 Å². The molecule has 0 amide bonds. The average molecular weight is 192 g/mol. The Balaban J connectivity index is 2.56. The molecule has 0 atom stereocenters. The van der Waals surface area contributed by atoms with Gasteiger partial charge in [0.25, 0.3) is 0 Å². The number of carboxylic acid groups (broad SMARTS) is 1. The van der Waals surface area contributed by atoms with Crippen LogP contribution in [0, 0.1) is 11.5 Å². The first kappa shape index (κ1) is 9.86. The van der Waals surface area contributed by atoms with Crippen LogP contribution in [0.2, 0.25) is 0 Å². The van der Waals surface area contributed by atoms with Crippen molar-refractivity contribution in [2.24, 2.45) is 0 Å². The van der Waals surface area contributed by atoms with Gasteiger partial charge >= 0.3 is 5.97 Å². The van der Waals surface area contributed by atoms with Gasteiger partial charge in [0.1, 0.15) is 5.75 Å². The number of hydrogen-bond donors (Lipinski definition) is 2. The largest absolute Gasteiger partial charge is 0.482 e. The molecule has 0 saturated carbocycles. The first-order valence-electron chi connectivity index (χ1n) is 3.82. The lowest BCUT2D eigenvalue weighted by Gasteiger charge is -2.03. The summed E-state index contributed by atoms with van der Waals surface area (Å²) in [4.78, 5) is 10.2. The van der Waals surface area contributed by atoms with Crippen molar-refractivity contribution < 1.29 is 14.6 Å². The minimum Gasteiger partial charge on any atom is -0.482 e. The molecule has 0 aliphatic carbocycles. The Morgan fingerprint density at radius 1 is 1.50 bits per heavy atom. The summed E-state index contributed by atoms with van der Waals surface area (Å²) in [5.74, 6) is -0.569. The van der Waals surface area contributed by atoms with Gasteiger partial charge < -0.3 is 9.84 Å². The van der Waals surface area contributed by atoms with Crippen molar-refractivity contribution in [1.82, 2.24) is 0 Å². The minimum absolute atomic E-state index is 0.370. The predicted octanol–water partition coefficient (Wildman–Crippen LogP) is 1.04. The van der Waals surface area contributed by atoms with Gasteiger partial charge in [-0.1, -0.05) is 0 Å². The summed E-state index contributed by atoms with van der Waals surface area (Å²) >= 11 is 0. The lowest BCUT2D eigenvalue weighted by atomic mass is 10.3. The monoisotopic (exact) mass is 192 g/mol. The zero-order valence-electron chi connectivity index (χ0n) is 7.23. The summed E-state index contributed by atoms with van der Waals surface area (Å²) in [6.45, 7) is -0.370. The third-order valence-electron chi connectivity index (χ3n) is 1.42. The quantitative estimate of drug-likeness (QED) is 0.550. The topological polar surface area (TPSA) is 82.3 Å². The number of benzene rings is 1. The molecule has 5 nitrogen and oxygen atoms in total. The van der Waals surface area contributed by atoms with Crippen LogP contribution in [0.1, 0.15) is 0 Å². The van der Waals surface area contributed by atoms with Gasteiger partial charge in [-0.25, -0.2) is 4.79 Å². The Morgan fingerprint density at radius 3 is 2.64 bits per heavy atom. The summed E-state index contributed by atoms with van der Waals surface area (Å²) in [6, 6.07) is 6.42. The molecule has 14 heavy (non-hydrogen) atoms. The Morgan fingerprint density at radius 2 is 2.14 bits per heavy atom. The van der Waals surface area contributed by atoms with E-state index >= 15 is 0 Å². The van der Waals surface area contributed by atoms with Crippen LogP contribution in [0.25, 0.3) is 0 Å². The maximum atomic E-state index is 10.2. The van der Waals surface area contributed by atoms with E-state index in [-0.39, 0.29) is 6.61 Å². The third kappa shape index (κ3) is 3.03. The van der Waals surface area contributed by atoms with E-state index in [9.17, 15) is 4.79 Å². The molecule has 0 heterocycles. The van der Waals surface area contributed by atoms with Crippen LogP contribution in [0.3, 0.4) is 0 Å². The number of nitriles is 1. The highest BCUT2D eigenvalue weighted by Gasteiger charge is 1.98. The molecule has 1 aromatic carbocycles. The molecule has 0 radical (unpaired) electrons. The number of nitrogens with one attached hydrogen (secondary N) is 1. The van der Waals surface area contributed by atoms with Crippen molar-refractivity contribution in [3.63, 3.8) is 0 Å². The minimum atomic E-state index is -1.02. The van der Waals surface area contributed by atoms with Crippen LogP contribution < -0.4 is 10.1 Å². The van der Waals surface area contributed by atoms with Gasteiger partial charge in [-0.2, -0.15) is 5.26 Å². The van der Waals surface area contributed by atoms with Gasteiger partial charge in [-0.3, -0.25) is 5.32 Å². The first-order chi connectivity index (χ1) is 6.72. The number of ether oxygens (including phenoxy) is 1. The lowest BCUT2D eigenvalue weighted by Crippen LogP contribution is -2.09. The Kier molecular flexibility index (Phi) is 3.33. The second-order valence-electron chi connectivity index (χ2n) is 2.44. The summed E-state index contributed by atoms with van der Waals surface area (Å²) in [5, 5.41) is 19.1. The second kappa shape index (κ2) is 4.72. The second-order valence-corrected chi connectivity index (χ2v) is 2.44. The highest BCUT2D eigenvalue weighted by atomic mass is 16.5. The lowest BCUT2D eigenvalue weighted by molar-refractivity contribution is -0.139. The van der Waals surface area contributed by atoms with E-state index in [2.05, 4.69) is 5.32 Å². The molecule has 0 bridgehead atoms. The van der Waals surface area contributed by atoms with Gasteiger partial charge in [-0.05, 0) is 24.3 Å². The predicted molar refractivity (Wildman–Crippen MR) is 48.8 cm³/mol. The third-order valence-corrected chi connectivity index (χ3v) is 1.42. The first-order valence-corrected chi connectivity index (χ1v) is 3.82. The summed E-state index contributed by atoms with van der Waals surface area (Å²) in [6.07, 6.45) is 1.77. The molecule has 1 rings (SSSR count). The molecule has 0 spiro atoms. The van der Waals surface area contributed by atoms with Gasteiger partial charge in [-0.15, -0.1) is 0 Å². The number of hydrogen-bond acceptors (Lipinski definition) is 4. The molecular formula is C9H8N2O3. The van der Waals surface area contributed by atoms with Crippen LogP contribution in [0.15, 0.2) is 24.3 Å². The standard InChI is InChI=1S/C9H8N2O3/c10-6-11-7-1-3-8(4-2-7)14-5-9(12)13/h1-4,11H,5H2,(H,12,13). The maximum absolute atomic E-state index is 10.2.